The second-order valence-electron chi connectivity index (χ2n) is 8.98. The van der Waals surface area contributed by atoms with Gasteiger partial charge in [-0.25, -0.2) is 4.98 Å². The van der Waals surface area contributed by atoms with Crippen LogP contribution in [0.4, 0.5) is 0 Å². The van der Waals surface area contributed by atoms with Crippen molar-refractivity contribution in [2.24, 2.45) is 0 Å². The van der Waals surface area contributed by atoms with Crippen molar-refractivity contribution in [3.05, 3.63) is 89.7 Å². The highest BCUT2D eigenvalue weighted by molar-refractivity contribution is 5.94. The number of rotatable bonds is 12. The first-order valence-corrected chi connectivity index (χ1v) is 12.7. The van der Waals surface area contributed by atoms with Crippen molar-refractivity contribution in [2.75, 3.05) is 20.3 Å². The second kappa shape index (κ2) is 12.2. The van der Waals surface area contributed by atoms with Gasteiger partial charge in [0, 0.05) is 25.1 Å². The molecule has 6 heteroatoms. The van der Waals surface area contributed by atoms with Gasteiger partial charge >= 0.3 is 0 Å². The summed E-state index contributed by atoms with van der Waals surface area (Å²) in [4.78, 5) is 17.3. The molecule has 0 saturated carbocycles. The van der Waals surface area contributed by atoms with E-state index in [0.29, 0.717) is 31.1 Å². The summed E-state index contributed by atoms with van der Waals surface area (Å²) in [5.41, 5.74) is 4.03. The Hall–Kier alpha value is -3.80. The zero-order valence-corrected chi connectivity index (χ0v) is 21.4. The maximum absolute atomic E-state index is 12.5. The number of imidazole rings is 1. The van der Waals surface area contributed by atoms with Crippen LogP contribution in [0.2, 0.25) is 0 Å². The van der Waals surface area contributed by atoms with Gasteiger partial charge in [0.1, 0.15) is 17.3 Å². The SMILES string of the molecule is CCC(C)c1ccc(OCCCn2c(CCNC(=O)c3ccc(OC)cc3)nc3ccccc32)cc1. The van der Waals surface area contributed by atoms with E-state index in [9.17, 15) is 4.79 Å². The molecule has 36 heavy (non-hydrogen) atoms. The summed E-state index contributed by atoms with van der Waals surface area (Å²) in [6.45, 7) is 6.38. The molecule has 1 heterocycles. The molecular formula is C30H35N3O3. The first-order valence-electron chi connectivity index (χ1n) is 12.7. The number of benzene rings is 3. The number of hydrogen-bond donors (Lipinski definition) is 1. The highest BCUT2D eigenvalue weighted by Gasteiger charge is 2.12. The molecular weight excluding hydrogens is 450 g/mol. The summed E-state index contributed by atoms with van der Waals surface area (Å²) in [6.07, 6.45) is 2.64. The molecule has 0 aliphatic carbocycles. The molecule has 188 valence electrons. The molecule has 0 aliphatic rings. The molecule has 4 aromatic rings. The predicted molar refractivity (Wildman–Crippen MR) is 144 cm³/mol. The molecule has 4 rings (SSSR count). The van der Waals surface area contributed by atoms with Crippen LogP contribution in [0.25, 0.3) is 11.0 Å². The fraction of sp³-hybridized carbons (Fsp3) is 0.333. The van der Waals surface area contributed by atoms with Gasteiger partial charge in [0.15, 0.2) is 0 Å². The minimum Gasteiger partial charge on any atom is -0.497 e. The van der Waals surface area contributed by atoms with E-state index in [1.54, 1.807) is 31.4 Å². The third-order valence-corrected chi connectivity index (χ3v) is 6.58. The molecule has 3 aromatic carbocycles. The van der Waals surface area contributed by atoms with Crippen molar-refractivity contribution in [1.82, 2.24) is 14.9 Å². The highest BCUT2D eigenvalue weighted by Crippen LogP contribution is 2.22. The number of ether oxygens (including phenoxy) is 2. The van der Waals surface area contributed by atoms with Crippen molar-refractivity contribution in [3.8, 4) is 11.5 Å². The molecule has 0 fully saturated rings. The van der Waals surface area contributed by atoms with Crippen LogP contribution in [-0.2, 0) is 13.0 Å². The van der Waals surface area contributed by atoms with Crippen LogP contribution in [0.3, 0.4) is 0 Å². The third kappa shape index (κ3) is 6.25. The molecule has 0 saturated heterocycles. The lowest BCUT2D eigenvalue weighted by atomic mass is 9.99. The number of carbonyl (C=O) groups is 1. The van der Waals surface area contributed by atoms with E-state index in [1.807, 2.05) is 18.2 Å². The number of aryl methyl sites for hydroxylation is 1. The van der Waals surface area contributed by atoms with E-state index in [4.69, 9.17) is 14.5 Å². The second-order valence-corrected chi connectivity index (χ2v) is 8.98. The quantitative estimate of drug-likeness (QED) is 0.250. The highest BCUT2D eigenvalue weighted by atomic mass is 16.5. The van der Waals surface area contributed by atoms with Crippen LogP contribution < -0.4 is 14.8 Å². The zero-order chi connectivity index (χ0) is 25.3. The minimum absolute atomic E-state index is 0.104. The summed E-state index contributed by atoms with van der Waals surface area (Å²) in [7, 11) is 1.61. The van der Waals surface area contributed by atoms with Gasteiger partial charge in [0.2, 0.25) is 0 Å². The average Bonchev–Trinajstić information content (AvgIpc) is 3.28. The molecule has 6 nitrogen and oxygen atoms in total. The number of carbonyl (C=O) groups excluding carboxylic acids is 1. The number of nitrogens with zero attached hydrogens (tertiary/aromatic N) is 2. The Balaban J connectivity index is 1.33. The largest absolute Gasteiger partial charge is 0.497 e. The molecule has 1 aromatic heterocycles. The first-order chi connectivity index (χ1) is 17.6. The summed E-state index contributed by atoms with van der Waals surface area (Å²) in [5.74, 6) is 3.05. The number of methoxy groups -OCH3 is 1. The van der Waals surface area contributed by atoms with Crippen LogP contribution in [0.5, 0.6) is 11.5 Å². The summed E-state index contributed by atoms with van der Waals surface area (Å²) in [5, 5.41) is 3.00. The van der Waals surface area contributed by atoms with Crippen molar-refractivity contribution in [3.63, 3.8) is 0 Å². The van der Waals surface area contributed by atoms with E-state index < -0.39 is 0 Å². The van der Waals surface area contributed by atoms with Crippen LogP contribution in [0.15, 0.2) is 72.8 Å². The van der Waals surface area contributed by atoms with E-state index in [2.05, 4.69) is 54.1 Å². The van der Waals surface area contributed by atoms with Crippen LogP contribution >= 0.6 is 0 Å². The number of para-hydroxylation sites is 2. The molecule has 1 N–H and O–H groups in total. The van der Waals surface area contributed by atoms with Crippen molar-refractivity contribution < 1.29 is 14.3 Å². The monoisotopic (exact) mass is 485 g/mol. The number of amides is 1. The molecule has 1 unspecified atom stereocenters. The summed E-state index contributed by atoms with van der Waals surface area (Å²) in [6, 6.07) is 23.7. The molecule has 0 bridgehead atoms. The Morgan fingerprint density at radius 3 is 2.44 bits per heavy atom. The Kier molecular flexibility index (Phi) is 8.61. The molecule has 1 amide bonds. The lowest BCUT2D eigenvalue weighted by molar-refractivity contribution is 0.0954. The summed E-state index contributed by atoms with van der Waals surface area (Å²) < 4.78 is 13.4. The maximum Gasteiger partial charge on any atom is 0.251 e. The first kappa shape index (κ1) is 25.3. The fourth-order valence-corrected chi connectivity index (χ4v) is 4.24. The van der Waals surface area contributed by atoms with Gasteiger partial charge in [-0.1, -0.05) is 38.1 Å². The number of nitrogens with one attached hydrogen (secondary N) is 1. The van der Waals surface area contributed by atoms with E-state index in [0.717, 1.165) is 47.7 Å². The lowest BCUT2D eigenvalue weighted by Crippen LogP contribution is -2.26. The van der Waals surface area contributed by atoms with Gasteiger partial charge in [-0.3, -0.25) is 4.79 Å². The standard InChI is InChI=1S/C30H35N3O3/c1-4-22(2)23-10-16-26(17-11-23)36-21-7-20-33-28-9-6-5-8-27(28)32-29(33)18-19-31-30(34)24-12-14-25(35-3)15-13-24/h5-6,8-17,22H,4,7,18-21H2,1-3H3,(H,31,34). The molecule has 1 atom stereocenters. The smallest absolute Gasteiger partial charge is 0.251 e. The van der Waals surface area contributed by atoms with Gasteiger partial charge in [-0.2, -0.15) is 0 Å². The van der Waals surface area contributed by atoms with Crippen molar-refractivity contribution in [2.45, 2.75) is 45.6 Å². The topological polar surface area (TPSA) is 65.4 Å². The van der Waals surface area contributed by atoms with Crippen molar-refractivity contribution >= 4 is 16.9 Å². The fourth-order valence-electron chi connectivity index (χ4n) is 4.24. The number of hydrogen-bond acceptors (Lipinski definition) is 4. The average molecular weight is 486 g/mol. The van der Waals surface area contributed by atoms with Crippen LogP contribution in [0, 0.1) is 0 Å². The Labute approximate surface area is 213 Å². The number of fused-ring (bicyclic) bond motifs is 1. The third-order valence-electron chi connectivity index (χ3n) is 6.58. The Morgan fingerprint density at radius 1 is 1.00 bits per heavy atom. The van der Waals surface area contributed by atoms with Gasteiger partial charge in [0.25, 0.3) is 5.91 Å². The van der Waals surface area contributed by atoms with Gasteiger partial charge < -0.3 is 19.4 Å². The summed E-state index contributed by atoms with van der Waals surface area (Å²) >= 11 is 0. The maximum atomic E-state index is 12.5. The molecule has 0 spiro atoms. The van der Waals surface area contributed by atoms with E-state index in [1.165, 1.54) is 5.56 Å². The minimum atomic E-state index is -0.104. The zero-order valence-electron chi connectivity index (χ0n) is 21.4. The van der Waals surface area contributed by atoms with Crippen molar-refractivity contribution in [1.29, 1.82) is 0 Å². The Morgan fingerprint density at radius 2 is 1.72 bits per heavy atom. The predicted octanol–water partition coefficient (Wildman–Crippen LogP) is 6.00. The Bertz CT molecular complexity index is 1260. The van der Waals surface area contributed by atoms with Crippen LogP contribution in [0.1, 0.15) is 54.4 Å². The van der Waals surface area contributed by atoms with Gasteiger partial charge in [-0.15, -0.1) is 0 Å². The van der Waals surface area contributed by atoms with Gasteiger partial charge in [-0.05, 0) is 72.9 Å². The van der Waals surface area contributed by atoms with E-state index >= 15 is 0 Å². The van der Waals surface area contributed by atoms with E-state index in [-0.39, 0.29) is 5.91 Å². The van der Waals surface area contributed by atoms with Crippen LogP contribution in [-0.4, -0.2) is 35.7 Å². The normalized spacial score (nSPS) is 11.9. The molecule has 0 radical (unpaired) electrons. The molecule has 0 aliphatic heterocycles. The number of aromatic nitrogens is 2. The lowest BCUT2D eigenvalue weighted by Gasteiger charge is -2.12. The van der Waals surface area contributed by atoms with Gasteiger partial charge in [0.05, 0.1) is 24.8 Å².